The molecule has 0 spiro atoms. The van der Waals surface area contributed by atoms with Crippen molar-refractivity contribution in [2.45, 2.75) is 30.6 Å². The number of aromatic hydroxyl groups is 1. The van der Waals surface area contributed by atoms with Crippen LogP contribution in [-0.2, 0) is 6.42 Å². The van der Waals surface area contributed by atoms with E-state index in [4.69, 9.17) is 10.8 Å². The van der Waals surface area contributed by atoms with E-state index in [9.17, 15) is 0 Å². The average molecular weight is 223 g/mol. The second-order valence-corrected chi connectivity index (χ2v) is 5.43. The molecule has 0 radical (unpaired) electrons. The number of hydrogen-bond acceptors (Lipinski definition) is 3. The third-order valence-corrected chi connectivity index (χ3v) is 4.39. The minimum atomic E-state index is 0.252. The summed E-state index contributed by atoms with van der Waals surface area (Å²) < 4.78 is 0. The summed E-state index contributed by atoms with van der Waals surface area (Å²) in [5, 5.41) is 9.79. The normalized spacial score (nSPS) is 22.9. The van der Waals surface area contributed by atoms with Crippen molar-refractivity contribution in [3.8, 4) is 5.75 Å². The molecule has 1 aliphatic heterocycles. The van der Waals surface area contributed by atoms with Crippen molar-refractivity contribution in [1.29, 1.82) is 0 Å². The van der Waals surface area contributed by atoms with E-state index >= 15 is 0 Å². The van der Waals surface area contributed by atoms with E-state index in [1.165, 1.54) is 24.2 Å². The summed E-state index contributed by atoms with van der Waals surface area (Å²) in [5.41, 5.74) is 7.38. The van der Waals surface area contributed by atoms with Crippen molar-refractivity contribution in [3.05, 3.63) is 29.8 Å². The van der Waals surface area contributed by atoms with Gasteiger partial charge in [0.05, 0.1) is 0 Å². The van der Waals surface area contributed by atoms with Crippen molar-refractivity contribution in [2.75, 3.05) is 5.75 Å². The Labute approximate surface area is 94.9 Å². The molecule has 0 saturated carbocycles. The van der Waals surface area contributed by atoms with Gasteiger partial charge in [0.1, 0.15) is 5.75 Å². The van der Waals surface area contributed by atoms with E-state index in [1.807, 2.05) is 23.9 Å². The Kier molecular flexibility index (Phi) is 3.54. The molecule has 2 unspecified atom stereocenters. The number of phenolic OH excluding ortho intramolecular Hbond substituents is 1. The van der Waals surface area contributed by atoms with Crippen LogP contribution in [0.1, 0.15) is 18.4 Å². The lowest BCUT2D eigenvalue weighted by atomic mass is 10.0. The third kappa shape index (κ3) is 2.89. The van der Waals surface area contributed by atoms with Crippen LogP contribution in [0.4, 0.5) is 0 Å². The summed E-state index contributed by atoms with van der Waals surface area (Å²) in [5.74, 6) is 1.58. The Bertz CT molecular complexity index is 306. The van der Waals surface area contributed by atoms with Gasteiger partial charge in [0.2, 0.25) is 0 Å². The number of rotatable bonds is 3. The second-order valence-electron chi connectivity index (χ2n) is 4.09. The zero-order chi connectivity index (χ0) is 10.7. The molecule has 1 fully saturated rings. The fourth-order valence-electron chi connectivity index (χ4n) is 1.98. The van der Waals surface area contributed by atoms with Crippen LogP contribution >= 0.6 is 11.8 Å². The molecule has 0 aromatic heterocycles. The summed E-state index contributed by atoms with van der Waals surface area (Å²) in [6.45, 7) is 0. The molecule has 2 rings (SSSR count). The minimum Gasteiger partial charge on any atom is -0.508 e. The molecule has 1 aromatic carbocycles. The summed E-state index contributed by atoms with van der Waals surface area (Å²) in [4.78, 5) is 0. The zero-order valence-electron chi connectivity index (χ0n) is 8.73. The van der Waals surface area contributed by atoms with Crippen molar-refractivity contribution >= 4 is 11.8 Å². The van der Waals surface area contributed by atoms with Gasteiger partial charge >= 0.3 is 0 Å². The molecule has 2 atom stereocenters. The first-order valence-electron chi connectivity index (χ1n) is 5.41. The van der Waals surface area contributed by atoms with Crippen LogP contribution in [0, 0.1) is 0 Å². The van der Waals surface area contributed by atoms with Crippen LogP contribution in [0.5, 0.6) is 5.75 Å². The molecule has 1 aromatic rings. The highest BCUT2D eigenvalue weighted by Crippen LogP contribution is 2.29. The van der Waals surface area contributed by atoms with Crippen LogP contribution < -0.4 is 5.73 Å². The molecule has 82 valence electrons. The predicted octanol–water partition coefficient (Wildman–Crippen LogP) is 2.16. The largest absolute Gasteiger partial charge is 0.508 e. The summed E-state index contributed by atoms with van der Waals surface area (Å²) >= 11 is 2.00. The highest BCUT2D eigenvalue weighted by molar-refractivity contribution is 8.00. The lowest BCUT2D eigenvalue weighted by Crippen LogP contribution is -2.32. The Balaban J connectivity index is 1.92. The Hall–Kier alpha value is -0.670. The SMILES string of the molecule is NC(Cc1ccc(O)cc1)C1CCCS1. The molecule has 15 heavy (non-hydrogen) atoms. The van der Waals surface area contributed by atoms with Gasteiger partial charge < -0.3 is 10.8 Å². The zero-order valence-corrected chi connectivity index (χ0v) is 9.54. The summed E-state index contributed by atoms with van der Waals surface area (Å²) in [6.07, 6.45) is 3.47. The molecule has 2 nitrogen and oxygen atoms in total. The highest BCUT2D eigenvalue weighted by atomic mass is 32.2. The Morgan fingerprint density at radius 2 is 2.13 bits per heavy atom. The number of nitrogens with two attached hydrogens (primary N) is 1. The van der Waals surface area contributed by atoms with Crippen LogP contribution in [0.2, 0.25) is 0 Å². The first-order valence-corrected chi connectivity index (χ1v) is 6.45. The van der Waals surface area contributed by atoms with Gasteiger partial charge in [-0.15, -0.1) is 0 Å². The van der Waals surface area contributed by atoms with Crippen LogP contribution in [0.25, 0.3) is 0 Å². The van der Waals surface area contributed by atoms with E-state index in [1.54, 1.807) is 12.1 Å². The fourth-order valence-corrected chi connectivity index (χ4v) is 3.29. The molecule has 1 heterocycles. The van der Waals surface area contributed by atoms with E-state index in [-0.39, 0.29) is 6.04 Å². The van der Waals surface area contributed by atoms with Gasteiger partial charge in [0.15, 0.2) is 0 Å². The number of benzene rings is 1. The predicted molar refractivity (Wildman–Crippen MR) is 65.3 cm³/mol. The molecule has 0 bridgehead atoms. The maximum atomic E-state index is 9.17. The fraction of sp³-hybridized carbons (Fsp3) is 0.500. The van der Waals surface area contributed by atoms with Crippen LogP contribution in [0.15, 0.2) is 24.3 Å². The maximum absolute atomic E-state index is 9.17. The van der Waals surface area contributed by atoms with Crippen molar-refractivity contribution in [3.63, 3.8) is 0 Å². The molecule has 0 aliphatic carbocycles. The van der Waals surface area contributed by atoms with E-state index in [0.29, 0.717) is 11.0 Å². The quantitative estimate of drug-likeness (QED) is 0.825. The van der Waals surface area contributed by atoms with Gasteiger partial charge in [-0.05, 0) is 42.7 Å². The molecule has 1 saturated heterocycles. The first kappa shape index (κ1) is 10.8. The topological polar surface area (TPSA) is 46.2 Å². The smallest absolute Gasteiger partial charge is 0.115 e. The lowest BCUT2D eigenvalue weighted by Gasteiger charge is -2.18. The van der Waals surface area contributed by atoms with Gasteiger partial charge in [0, 0.05) is 11.3 Å². The van der Waals surface area contributed by atoms with E-state index in [2.05, 4.69) is 0 Å². The monoisotopic (exact) mass is 223 g/mol. The first-order chi connectivity index (χ1) is 7.25. The van der Waals surface area contributed by atoms with Crippen LogP contribution in [-0.4, -0.2) is 22.2 Å². The van der Waals surface area contributed by atoms with Gasteiger partial charge in [-0.25, -0.2) is 0 Å². The summed E-state index contributed by atoms with van der Waals surface area (Å²) in [7, 11) is 0. The third-order valence-electron chi connectivity index (χ3n) is 2.85. The Morgan fingerprint density at radius 3 is 2.73 bits per heavy atom. The molecule has 3 N–H and O–H groups in total. The van der Waals surface area contributed by atoms with Gasteiger partial charge in [-0.2, -0.15) is 11.8 Å². The lowest BCUT2D eigenvalue weighted by molar-refractivity contribution is 0.475. The number of hydrogen-bond donors (Lipinski definition) is 2. The minimum absolute atomic E-state index is 0.252. The van der Waals surface area contributed by atoms with Gasteiger partial charge in [-0.1, -0.05) is 12.1 Å². The highest BCUT2D eigenvalue weighted by Gasteiger charge is 2.22. The second kappa shape index (κ2) is 4.90. The molecular formula is C12H17NOS. The van der Waals surface area contributed by atoms with Gasteiger partial charge in [-0.3, -0.25) is 0 Å². The van der Waals surface area contributed by atoms with E-state index < -0.39 is 0 Å². The molecule has 3 heteroatoms. The summed E-state index contributed by atoms with van der Waals surface area (Å²) in [6, 6.07) is 7.61. The van der Waals surface area contributed by atoms with Crippen molar-refractivity contribution in [1.82, 2.24) is 0 Å². The maximum Gasteiger partial charge on any atom is 0.115 e. The van der Waals surface area contributed by atoms with Gasteiger partial charge in [0.25, 0.3) is 0 Å². The van der Waals surface area contributed by atoms with E-state index in [0.717, 1.165) is 6.42 Å². The van der Waals surface area contributed by atoms with Crippen LogP contribution in [0.3, 0.4) is 0 Å². The average Bonchev–Trinajstić information content (AvgIpc) is 2.74. The van der Waals surface area contributed by atoms with Crippen molar-refractivity contribution in [2.24, 2.45) is 5.73 Å². The number of thioether (sulfide) groups is 1. The standard InChI is InChI=1S/C12H17NOS/c13-11(12-2-1-7-15-12)8-9-3-5-10(14)6-4-9/h3-6,11-12,14H,1-2,7-8,13H2. The number of phenols is 1. The molecule has 0 amide bonds. The van der Waals surface area contributed by atoms with Crippen molar-refractivity contribution < 1.29 is 5.11 Å². The molecular weight excluding hydrogens is 206 g/mol. The molecule has 1 aliphatic rings. The Morgan fingerprint density at radius 1 is 1.40 bits per heavy atom.